The first-order chi connectivity index (χ1) is 7.95. The second kappa shape index (κ2) is 6.81. The van der Waals surface area contributed by atoms with Crippen LogP contribution in [0.15, 0.2) is 4.47 Å². The van der Waals surface area contributed by atoms with Crippen LogP contribution in [0.25, 0.3) is 0 Å². The van der Waals surface area contributed by atoms with Crippen LogP contribution in [0.1, 0.15) is 32.2 Å². The Bertz CT molecular complexity index is 363. The lowest BCUT2D eigenvalue weighted by Gasteiger charge is -2.13. The minimum absolute atomic E-state index is 0.193. The number of hydrogen-bond acceptors (Lipinski definition) is 3. The largest absolute Gasteiger partial charge is 0.327 e. The van der Waals surface area contributed by atoms with Gasteiger partial charge in [0.1, 0.15) is 0 Å². The van der Waals surface area contributed by atoms with Gasteiger partial charge in [-0.2, -0.15) is 16.9 Å². The molecule has 0 spiro atoms. The van der Waals surface area contributed by atoms with Gasteiger partial charge in [0.05, 0.1) is 15.9 Å². The first-order valence-corrected chi connectivity index (χ1v) is 7.87. The van der Waals surface area contributed by atoms with Crippen LogP contribution in [-0.4, -0.2) is 26.8 Å². The fraction of sp³-hybridized carbons (Fsp3) is 0.750. The predicted molar refractivity (Wildman–Crippen MR) is 79.6 cm³/mol. The van der Waals surface area contributed by atoms with Gasteiger partial charge >= 0.3 is 0 Å². The maximum absolute atomic E-state index is 6.16. The number of aromatic nitrogens is 2. The monoisotopic (exact) mass is 319 g/mol. The van der Waals surface area contributed by atoms with E-state index < -0.39 is 0 Å². The van der Waals surface area contributed by atoms with Crippen molar-refractivity contribution < 1.29 is 0 Å². The average molecular weight is 320 g/mol. The van der Waals surface area contributed by atoms with Crippen LogP contribution in [-0.2, 0) is 19.9 Å². The van der Waals surface area contributed by atoms with Crippen molar-refractivity contribution in [3.05, 3.63) is 15.9 Å². The van der Waals surface area contributed by atoms with E-state index in [9.17, 15) is 0 Å². The van der Waals surface area contributed by atoms with Crippen LogP contribution in [0.2, 0.25) is 0 Å². The molecule has 1 aromatic heterocycles. The SMILES string of the molecule is CCc1nn(C)c(CC(N)CSC(C)C)c1Br. The topological polar surface area (TPSA) is 43.8 Å². The lowest BCUT2D eigenvalue weighted by Crippen LogP contribution is -2.27. The van der Waals surface area contributed by atoms with Crippen molar-refractivity contribution in [1.29, 1.82) is 0 Å². The summed E-state index contributed by atoms with van der Waals surface area (Å²) in [7, 11) is 1.99. The lowest BCUT2D eigenvalue weighted by atomic mass is 10.2. The molecule has 3 nitrogen and oxygen atoms in total. The van der Waals surface area contributed by atoms with Gasteiger partial charge in [0, 0.05) is 25.3 Å². The number of nitrogens with two attached hydrogens (primary N) is 1. The Morgan fingerprint density at radius 3 is 2.59 bits per heavy atom. The molecule has 0 fully saturated rings. The van der Waals surface area contributed by atoms with E-state index in [4.69, 9.17) is 5.73 Å². The zero-order valence-corrected chi connectivity index (χ0v) is 13.4. The molecule has 0 saturated carbocycles. The minimum Gasteiger partial charge on any atom is -0.327 e. The number of nitrogens with zero attached hydrogens (tertiary/aromatic N) is 2. The zero-order chi connectivity index (χ0) is 13.0. The quantitative estimate of drug-likeness (QED) is 0.876. The number of rotatable bonds is 6. The third-order valence-corrected chi connectivity index (χ3v) is 4.80. The molecule has 0 aliphatic carbocycles. The fourth-order valence-electron chi connectivity index (χ4n) is 1.66. The predicted octanol–water partition coefficient (Wildman–Crippen LogP) is 2.76. The van der Waals surface area contributed by atoms with Gasteiger partial charge in [-0.1, -0.05) is 20.8 Å². The highest BCUT2D eigenvalue weighted by Gasteiger charge is 2.15. The second-order valence-corrected chi connectivity index (χ2v) is 6.93. The first-order valence-electron chi connectivity index (χ1n) is 6.03. The van der Waals surface area contributed by atoms with E-state index in [2.05, 4.69) is 41.8 Å². The molecule has 0 aromatic carbocycles. The van der Waals surface area contributed by atoms with E-state index >= 15 is 0 Å². The zero-order valence-electron chi connectivity index (χ0n) is 11.0. The van der Waals surface area contributed by atoms with Gasteiger partial charge in [-0.3, -0.25) is 4.68 Å². The molecule has 17 heavy (non-hydrogen) atoms. The Kier molecular flexibility index (Phi) is 6.03. The fourth-order valence-corrected chi connectivity index (χ4v) is 3.19. The van der Waals surface area contributed by atoms with Crippen LogP contribution in [0, 0.1) is 0 Å². The second-order valence-electron chi connectivity index (χ2n) is 4.53. The Labute approximate surface area is 117 Å². The summed E-state index contributed by atoms with van der Waals surface area (Å²) in [6, 6.07) is 0.193. The summed E-state index contributed by atoms with van der Waals surface area (Å²) in [5.41, 5.74) is 8.48. The van der Waals surface area contributed by atoms with Crippen molar-refractivity contribution in [3.63, 3.8) is 0 Å². The molecule has 5 heteroatoms. The molecule has 0 amide bonds. The Morgan fingerprint density at radius 2 is 2.12 bits per heavy atom. The number of halogens is 1. The molecule has 98 valence electrons. The molecule has 1 heterocycles. The molecule has 0 aliphatic heterocycles. The molecule has 1 aromatic rings. The summed E-state index contributed by atoms with van der Waals surface area (Å²) in [4.78, 5) is 0. The third kappa shape index (κ3) is 4.30. The smallest absolute Gasteiger partial charge is 0.0766 e. The van der Waals surface area contributed by atoms with Gasteiger partial charge in [-0.05, 0) is 27.6 Å². The first kappa shape index (κ1) is 15.1. The third-order valence-electron chi connectivity index (χ3n) is 2.60. The van der Waals surface area contributed by atoms with E-state index in [0.29, 0.717) is 5.25 Å². The molecule has 1 atom stereocenters. The van der Waals surface area contributed by atoms with Gasteiger partial charge in [-0.25, -0.2) is 0 Å². The van der Waals surface area contributed by atoms with Crippen LogP contribution in [0.3, 0.4) is 0 Å². The number of thioether (sulfide) groups is 1. The van der Waals surface area contributed by atoms with Crippen LogP contribution >= 0.6 is 27.7 Å². The summed E-state index contributed by atoms with van der Waals surface area (Å²) >= 11 is 5.54. The molecule has 1 rings (SSSR count). The molecule has 0 saturated heterocycles. The van der Waals surface area contributed by atoms with Crippen molar-refractivity contribution in [2.45, 2.75) is 44.9 Å². The van der Waals surface area contributed by atoms with Crippen molar-refractivity contribution in [1.82, 2.24) is 9.78 Å². The van der Waals surface area contributed by atoms with Crippen LogP contribution < -0.4 is 5.73 Å². The summed E-state index contributed by atoms with van der Waals surface area (Å²) in [6.07, 6.45) is 1.83. The normalized spacial score (nSPS) is 13.4. The average Bonchev–Trinajstić information content (AvgIpc) is 2.53. The summed E-state index contributed by atoms with van der Waals surface area (Å²) < 4.78 is 3.08. The molecule has 0 bridgehead atoms. The maximum atomic E-state index is 6.16. The highest BCUT2D eigenvalue weighted by atomic mass is 79.9. The van der Waals surface area contributed by atoms with Gasteiger partial charge in [0.25, 0.3) is 0 Å². The number of aryl methyl sites for hydroxylation is 2. The van der Waals surface area contributed by atoms with E-state index in [1.54, 1.807) is 0 Å². The van der Waals surface area contributed by atoms with Gasteiger partial charge in [0.15, 0.2) is 0 Å². The summed E-state index contributed by atoms with van der Waals surface area (Å²) in [5.74, 6) is 0.997. The van der Waals surface area contributed by atoms with Crippen molar-refractivity contribution in [2.24, 2.45) is 12.8 Å². The highest BCUT2D eigenvalue weighted by Crippen LogP contribution is 2.23. The van der Waals surface area contributed by atoms with Crippen LogP contribution in [0.5, 0.6) is 0 Å². The molecule has 2 N–H and O–H groups in total. The van der Waals surface area contributed by atoms with Gasteiger partial charge in [-0.15, -0.1) is 0 Å². The highest BCUT2D eigenvalue weighted by molar-refractivity contribution is 9.10. The van der Waals surface area contributed by atoms with E-state index in [0.717, 1.165) is 28.8 Å². The number of hydrogen-bond donors (Lipinski definition) is 1. The van der Waals surface area contributed by atoms with Gasteiger partial charge in [0.2, 0.25) is 0 Å². The standard InChI is InChI=1S/C12H22BrN3S/c1-5-10-12(13)11(16(4)15-10)6-9(14)7-17-8(2)3/h8-9H,5-7,14H2,1-4H3. The Morgan fingerprint density at radius 1 is 1.47 bits per heavy atom. The molecular weight excluding hydrogens is 298 g/mol. The summed E-state index contributed by atoms with van der Waals surface area (Å²) in [5, 5.41) is 5.13. The van der Waals surface area contributed by atoms with E-state index in [1.165, 1.54) is 5.69 Å². The molecular formula is C12H22BrN3S. The van der Waals surface area contributed by atoms with Crippen molar-refractivity contribution in [3.8, 4) is 0 Å². The molecule has 0 aliphatic rings. The maximum Gasteiger partial charge on any atom is 0.0766 e. The minimum atomic E-state index is 0.193. The van der Waals surface area contributed by atoms with Crippen molar-refractivity contribution in [2.75, 3.05) is 5.75 Å². The molecule has 0 radical (unpaired) electrons. The van der Waals surface area contributed by atoms with Crippen LogP contribution in [0.4, 0.5) is 0 Å². The Hall–Kier alpha value is -0.000000000000000111. The lowest BCUT2D eigenvalue weighted by molar-refractivity contribution is 0.649. The van der Waals surface area contributed by atoms with Crippen molar-refractivity contribution >= 4 is 27.7 Å². The van der Waals surface area contributed by atoms with Gasteiger partial charge < -0.3 is 5.73 Å². The van der Waals surface area contributed by atoms with E-state index in [1.807, 2.05) is 23.5 Å². The summed E-state index contributed by atoms with van der Waals surface area (Å²) in [6.45, 7) is 6.52. The molecule has 1 unspecified atom stereocenters. The Balaban J connectivity index is 2.64. The van der Waals surface area contributed by atoms with E-state index in [-0.39, 0.29) is 6.04 Å².